The summed E-state index contributed by atoms with van der Waals surface area (Å²) in [6.45, 7) is 0. The van der Waals surface area contributed by atoms with Crippen molar-refractivity contribution in [2.75, 3.05) is 16.0 Å². The minimum absolute atomic E-state index is 0.104. The summed E-state index contributed by atoms with van der Waals surface area (Å²) in [7, 11) is 0. The Bertz CT molecular complexity index is 1580. The molecule has 5 aromatic rings. The van der Waals surface area contributed by atoms with Gasteiger partial charge in [-0.15, -0.1) is 0 Å². The van der Waals surface area contributed by atoms with E-state index >= 15 is 0 Å². The van der Waals surface area contributed by atoms with E-state index in [1.807, 2.05) is 0 Å². The monoisotopic (exact) mass is 508 g/mol. The molecule has 0 saturated heterocycles. The minimum Gasteiger partial charge on any atom is -0.340 e. The van der Waals surface area contributed by atoms with E-state index in [0.717, 1.165) is 30.3 Å². The lowest BCUT2D eigenvalue weighted by molar-refractivity contribution is -0.137. The standard InChI is InChI=1S/C24H16F4N8O/c25-17-8-7-15(10-18(17)36-23(37)35-14-5-3-13(4-6-14)24(26,27)28)34-21-16(2-1-9-29-21)19-20-22(32-11-30-19)33-12-31-20/h1-12H,(H,29,34)(H2,35,36,37)(H,30,31,32,33). The zero-order chi connectivity index (χ0) is 26.0. The summed E-state index contributed by atoms with van der Waals surface area (Å²) in [6.07, 6.45) is -0.0425. The molecule has 3 aromatic heterocycles. The second-order valence-corrected chi connectivity index (χ2v) is 7.70. The summed E-state index contributed by atoms with van der Waals surface area (Å²) in [4.78, 5) is 32.3. The van der Waals surface area contributed by atoms with Crippen LogP contribution in [0.2, 0.25) is 0 Å². The maximum atomic E-state index is 14.4. The van der Waals surface area contributed by atoms with Crippen LogP contribution in [0.15, 0.2) is 73.4 Å². The van der Waals surface area contributed by atoms with Gasteiger partial charge in [-0.3, -0.25) is 0 Å². The topological polar surface area (TPSA) is 121 Å². The summed E-state index contributed by atoms with van der Waals surface area (Å²) in [6, 6.07) is 10.5. The van der Waals surface area contributed by atoms with Gasteiger partial charge in [0.1, 0.15) is 29.2 Å². The fraction of sp³-hybridized carbons (Fsp3) is 0.0417. The molecule has 0 spiro atoms. The highest BCUT2D eigenvalue weighted by Gasteiger charge is 2.30. The van der Waals surface area contributed by atoms with Crippen LogP contribution in [0.3, 0.4) is 0 Å². The average molecular weight is 508 g/mol. The van der Waals surface area contributed by atoms with Gasteiger partial charge in [-0.05, 0) is 54.6 Å². The number of anilines is 4. The van der Waals surface area contributed by atoms with Crippen molar-refractivity contribution in [2.45, 2.75) is 6.18 Å². The fourth-order valence-corrected chi connectivity index (χ4v) is 3.52. The molecule has 0 unspecified atom stereocenters. The van der Waals surface area contributed by atoms with Gasteiger partial charge in [0.2, 0.25) is 0 Å². The molecule has 3 heterocycles. The molecule has 0 radical (unpaired) electrons. The largest absolute Gasteiger partial charge is 0.416 e. The van der Waals surface area contributed by atoms with Crippen molar-refractivity contribution in [1.82, 2.24) is 24.9 Å². The Hall–Kier alpha value is -5.07. The number of rotatable bonds is 5. The summed E-state index contributed by atoms with van der Waals surface area (Å²) < 4.78 is 52.6. The molecule has 9 nitrogen and oxygen atoms in total. The zero-order valence-electron chi connectivity index (χ0n) is 18.6. The number of nitrogens with zero attached hydrogens (tertiary/aromatic N) is 4. The number of aromatic amines is 1. The van der Waals surface area contributed by atoms with Crippen LogP contribution in [-0.2, 0) is 6.18 Å². The number of urea groups is 1. The number of hydrogen-bond donors (Lipinski definition) is 4. The summed E-state index contributed by atoms with van der Waals surface area (Å²) in [5, 5.41) is 7.81. The first-order chi connectivity index (χ1) is 17.8. The maximum absolute atomic E-state index is 14.4. The van der Waals surface area contributed by atoms with Crippen molar-refractivity contribution < 1.29 is 22.4 Å². The number of nitrogens with one attached hydrogen (secondary N) is 4. The number of fused-ring (bicyclic) bond motifs is 1. The molecule has 0 fully saturated rings. The van der Waals surface area contributed by atoms with E-state index in [9.17, 15) is 22.4 Å². The fourth-order valence-electron chi connectivity index (χ4n) is 3.52. The zero-order valence-corrected chi connectivity index (χ0v) is 18.6. The molecule has 0 saturated carbocycles. The molecule has 0 aliphatic rings. The second kappa shape index (κ2) is 9.53. The molecule has 0 aliphatic heterocycles. The summed E-state index contributed by atoms with van der Waals surface area (Å²) >= 11 is 0. The first-order valence-electron chi connectivity index (χ1n) is 10.7. The van der Waals surface area contributed by atoms with Gasteiger partial charge in [-0.25, -0.2) is 29.1 Å². The van der Waals surface area contributed by atoms with Crippen LogP contribution in [0.4, 0.5) is 45.2 Å². The Morgan fingerprint density at radius 2 is 1.68 bits per heavy atom. The number of benzene rings is 2. The highest BCUT2D eigenvalue weighted by molar-refractivity contribution is 6.00. The highest BCUT2D eigenvalue weighted by Crippen LogP contribution is 2.32. The predicted octanol–water partition coefficient (Wildman–Crippen LogP) is 5.96. The smallest absolute Gasteiger partial charge is 0.340 e. The van der Waals surface area contributed by atoms with Crippen LogP contribution in [-0.4, -0.2) is 31.0 Å². The predicted molar refractivity (Wildman–Crippen MR) is 129 cm³/mol. The van der Waals surface area contributed by atoms with Crippen molar-refractivity contribution in [2.24, 2.45) is 0 Å². The molecule has 37 heavy (non-hydrogen) atoms. The first-order valence-corrected chi connectivity index (χ1v) is 10.7. The third-order valence-electron chi connectivity index (χ3n) is 5.23. The number of halogens is 4. The Labute approximate surface area is 206 Å². The van der Waals surface area contributed by atoms with Crippen LogP contribution in [0.25, 0.3) is 22.4 Å². The van der Waals surface area contributed by atoms with E-state index in [2.05, 4.69) is 40.9 Å². The van der Waals surface area contributed by atoms with Gasteiger partial charge in [0.15, 0.2) is 5.65 Å². The van der Waals surface area contributed by atoms with Crippen molar-refractivity contribution in [1.29, 1.82) is 0 Å². The molecule has 2 amide bonds. The van der Waals surface area contributed by atoms with Crippen molar-refractivity contribution in [3.63, 3.8) is 0 Å². The lowest BCUT2D eigenvalue weighted by atomic mass is 10.1. The molecule has 2 aromatic carbocycles. The van der Waals surface area contributed by atoms with Gasteiger partial charge in [-0.2, -0.15) is 13.2 Å². The van der Waals surface area contributed by atoms with Crippen molar-refractivity contribution in [3.05, 3.63) is 84.8 Å². The number of pyridine rings is 1. The van der Waals surface area contributed by atoms with Gasteiger partial charge in [0, 0.05) is 23.1 Å². The Morgan fingerprint density at radius 1 is 0.892 bits per heavy atom. The van der Waals surface area contributed by atoms with Crippen LogP contribution < -0.4 is 16.0 Å². The highest BCUT2D eigenvalue weighted by atomic mass is 19.4. The summed E-state index contributed by atoms with van der Waals surface area (Å²) in [5.41, 5.74) is 1.72. The SMILES string of the molecule is O=C(Nc1ccc(C(F)(F)F)cc1)Nc1cc(Nc2ncccc2-c2ncnc3[nH]cnc23)ccc1F. The van der Waals surface area contributed by atoms with Gasteiger partial charge in [0.25, 0.3) is 0 Å². The van der Waals surface area contributed by atoms with E-state index in [4.69, 9.17) is 0 Å². The molecule has 186 valence electrons. The van der Waals surface area contributed by atoms with Crippen LogP contribution in [0.5, 0.6) is 0 Å². The Morgan fingerprint density at radius 3 is 2.46 bits per heavy atom. The Kier molecular flexibility index (Phi) is 6.09. The quantitative estimate of drug-likeness (QED) is 0.218. The number of hydrogen-bond acceptors (Lipinski definition) is 6. The average Bonchev–Trinajstić information content (AvgIpc) is 3.35. The van der Waals surface area contributed by atoms with Crippen LogP contribution in [0, 0.1) is 5.82 Å². The van der Waals surface area contributed by atoms with Gasteiger partial charge >= 0.3 is 12.2 Å². The molecule has 0 atom stereocenters. The number of carbonyl (C=O) groups excluding carboxylic acids is 1. The summed E-state index contributed by atoms with van der Waals surface area (Å²) in [5.74, 6) is -0.319. The molecule has 13 heteroatoms. The molecule has 5 rings (SSSR count). The molecule has 0 bridgehead atoms. The number of amides is 2. The van der Waals surface area contributed by atoms with Gasteiger partial charge in [0.05, 0.1) is 17.6 Å². The van der Waals surface area contributed by atoms with Crippen LogP contribution >= 0.6 is 0 Å². The van der Waals surface area contributed by atoms with Crippen LogP contribution in [0.1, 0.15) is 5.56 Å². The van der Waals surface area contributed by atoms with E-state index in [0.29, 0.717) is 33.9 Å². The third kappa shape index (κ3) is 5.15. The first kappa shape index (κ1) is 23.7. The molecule has 0 aliphatic carbocycles. The van der Waals surface area contributed by atoms with Crippen molar-refractivity contribution in [3.8, 4) is 11.3 Å². The molecule has 4 N–H and O–H groups in total. The lowest BCUT2D eigenvalue weighted by Crippen LogP contribution is -2.20. The number of carbonyl (C=O) groups is 1. The second-order valence-electron chi connectivity index (χ2n) is 7.70. The Balaban J connectivity index is 1.35. The third-order valence-corrected chi connectivity index (χ3v) is 5.23. The number of alkyl halides is 3. The van der Waals surface area contributed by atoms with Gasteiger partial charge < -0.3 is 20.9 Å². The number of H-pyrrole nitrogens is 1. The maximum Gasteiger partial charge on any atom is 0.416 e. The van der Waals surface area contributed by atoms with E-state index in [1.165, 1.54) is 24.8 Å². The molecular weight excluding hydrogens is 492 g/mol. The van der Waals surface area contributed by atoms with Crippen molar-refractivity contribution >= 4 is 40.1 Å². The minimum atomic E-state index is -4.50. The normalized spacial score (nSPS) is 11.4. The van der Waals surface area contributed by atoms with Gasteiger partial charge in [-0.1, -0.05) is 0 Å². The number of aromatic nitrogens is 5. The number of imidazole rings is 1. The lowest BCUT2D eigenvalue weighted by Gasteiger charge is -2.13. The van der Waals surface area contributed by atoms with E-state index in [1.54, 1.807) is 18.3 Å². The van der Waals surface area contributed by atoms with E-state index in [-0.39, 0.29) is 11.4 Å². The molecular formula is C24H16F4N8O. The van der Waals surface area contributed by atoms with E-state index < -0.39 is 23.6 Å².